The number of carbonyl (C=O) groups is 2. The van der Waals surface area contributed by atoms with E-state index in [-0.39, 0.29) is 17.9 Å². The second-order valence-corrected chi connectivity index (χ2v) is 5.01. The molecule has 1 aromatic carbocycles. The first-order chi connectivity index (χ1) is 8.59. The minimum absolute atomic E-state index is 0.0742. The lowest BCUT2D eigenvalue weighted by atomic mass is 9.97. The van der Waals surface area contributed by atoms with E-state index < -0.39 is 0 Å². The van der Waals surface area contributed by atoms with Gasteiger partial charge in [0.1, 0.15) is 0 Å². The van der Waals surface area contributed by atoms with Crippen LogP contribution in [0.1, 0.15) is 34.7 Å². The van der Waals surface area contributed by atoms with Crippen LogP contribution in [0, 0.1) is 13.8 Å². The molecular formula is C15H15NO2. The van der Waals surface area contributed by atoms with Crippen molar-refractivity contribution in [3.8, 4) is 0 Å². The molecule has 0 spiro atoms. The molecule has 1 aromatic rings. The van der Waals surface area contributed by atoms with E-state index in [2.05, 4.69) is 26.0 Å². The molecular weight excluding hydrogens is 226 g/mol. The quantitative estimate of drug-likeness (QED) is 0.707. The predicted molar refractivity (Wildman–Crippen MR) is 68.0 cm³/mol. The van der Waals surface area contributed by atoms with Gasteiger partial charge in [-0.3, -0.25) is 14.5 Å². The Morgan fingerprint density at radius 1 is 1.11 bits per heavy atom. The van der Waals surface area contributed by atoms with Crippen LogP contribution in [0.4, 0.5) is 0 Å². The van der Waals surface area contributed by atoms with Gasteiger partial charge in [0.25, 0.3) is 11.8 Å². The van der Waals surface area contributed by atoms with Gasteiger partial charge in [0, 0.05) is 12.2 Å². The summed E-state index contributed by atoms with van der Waals surface area (Å²) >= 11 is 0. The molecule has 92 valence electrons. The highest BCUT2D eigenvalue weighted by molar-refractivity contribution is 6.13. The van der Waals surface area contributed by atoms with Crippen molar-refractivity contribution >= 4 is 11.8 Å². The van der Waals surface area contributed by atoms with Crippen LogP contribution in [0.15, 0.2) is 24.3 Å². The van der Waals surface area contributed by atoms with Gasteiger partial charge in [-0.05, 0) is 48.9 Å². The molecule has 0 N–H and O–H groups in total. The second-order valence-electron chi connectivity index (χ2n) is 5.01. The van der Waals surface area contributed by atoms with Crippen molar-refractivity contribution in [1.82, 2.24) is 4.90 Å². The van der Waals surface area contributed by atoms with Gasteiger partial charge in [-0.25, -0.2) is 0 Å². The van der Waals surface area contributed by atoms with Crippen LogP contribution < -0.4 is 0 Å². The third-order valence-corrected chi connectivity index (χ3v) is 4.05. The van der Waals surface area contributed by atoms with Crippen LogP contribution in [-0.4, -0.2) is 16.7 Å². The Morgan fingerprint density at radius 2 is 1.78 bits per heavy atom. The van der Waals surface area contributed by atoms with E-state index in [0.29, 0.717) is 0 Å². The number of rotatable bonds is 1. The van der Waals surface area contributed by atoms with Crippen molar-refractivity contribution in [2.24, 2.45) is 0 Å². The van der Waals surface area contributed by atoms with Gasteiger partial charge in [0.15, 0.2) is 0 Å². The summed E-state index contributed by atoms with van der Waals surface area (Å²) in [4.78, 5) is 25.0. The molecule has 0 aromatic heterocycles. The zero-order chi connectivity index (χ0) is 12.9. The molecule has 0 bridgehead atoms. The summed E-state index contributed by atoms with van der Waals surface area (Å²) in [5, 5.41) is 0. The van der Waals surface area contributed by atoms with E-state index in [0.717, 1.165) is 12.8 Å². The number of aryl methyl sites for hydroxylation is 2. The highest BCUT2D eigenvalue weighted by Gasteiger charge is 2.37. The summed E-state index contributed by atoms with van der Waals surface area (Å²) in [6.07, 6.45) is 4.52. The average molecular weight is 241 g/mol. The fraction of sp³-hybridized carbons (Fsp3) is 0.333. The largest absolute Gasteiger partial charge is 0.269 e. The first-order valence-electron chi connectivity index (χ1n) is 6.24. The van der Waals surface area contributed by atoms with E-state index in [4.69, 9.17) is 0 Å². The number of imide groups is 1. The SMILES string of the molecule is Cc1ccc2c(c1C)[C@@H](N1C(=O)C=CC1=O)CC2. The zero-order valence-corrected chi connectivity index (χ0v) is 10.6. The Labute approximate surface area is 106 Å². The van der Waals surface area contributed by atoms with Crippen molar-refractivity contribution in [2.75, 3.05) is 0 Å². The molecule has 0 saturated heterocycles. The number of nitrogens with zero attached hydrogens (tertiary/aromatic N) is 1. The Morgan fingerprint density at radius 3 is 2.44 bits per heavy atom. The molecule has 0 saturated carbocycles. The molecule has 3 nitrogen and oxygen atoms in total. The summed E-state index contributed by atoms with van der Waals surface area (Å²) in [7, 11) is 0. The normalized spacial score (nSPS) is 21.9. The Hall–Kier alpha value is -1.90. The van der Waals surface area contributed by atoms with E-state index in [9.17, 15) is 9.59 Å². The van der Waals surface area contributed by atoms with Gasteiger partial charge >= 0.3 is 0 Å². The summed E-state index contributed by atoms with van der Waals surface area (Å²) < 4.78 is 0. The number of hydrogen-bond donors (Lipinski definition) is 0. The van der Waals surface area contributed by atoms with Gasteiger partial charge in [-0.15, -0.1) is 0 Å². The van der Waals surface area contributed by atoms with Gasteiger partial charge in [-0.1, -0.05) is 12.1 Å². The monoisotopic (exact) mass is 241 g/mol. The highest BCUT2D eigenvalue weighted by Crippen LogP contribution is 2.39. The summed E-state index contributed by atoms with van der Waals surface area (Å²) in [5.41, 5.74) is 4.88. The number of amides is 2. The van der Waals surface area contributed by atoms with Crippen molar-refractivity contribution < 1.29 is 9.59 Å². The molecule has 1 aliphatic carbocycles. The van der Waals surface area contributed by atoms with E-state index in [1.165, 1.54) is 39.3 Å². The number of hydrogen-bond acceptors (Lipinski definition) is 2. The van der Waals surface area contributed by atoms with Gasteiger partial charge in [0.05, 0.1) is 6.04 Å². The van der Waals surface area contributed by atoms with Crippen molar-refractivity contribution in [1.29, 1.82) is 0 Å². The minimum Gasteiger partial charge on any atom is -0.269 e. The highest BCUT2D eigenvalue weighted by atomic mass is 16.2. The maximum Gasteiger partial charge on any atom is 0.254 e. The number of benzene rings is 1. The lowest BCUT2D eigenvalue weighted by Gasteiger charge is -2.24. The first-order valence-corrected chi connectivity index (χ1v) is 6.24. The number of fused-ring (bicyclic) bond motifs is 1. The van der Waals surface area contributed by atoms with E-state index >= 15 is 0 Å². The molecule has 2 amide bonds. The van der Waals surface area contributed by atoms with Crippen LogP contribution in [0.25, 0.3) is 0 Å². The van der Waals surface area contributed by atoms with Crippen LogP contribution in [0.3, 0.4) is 0 Å². The van der Waals surface area contributed by atoms with Crippen LogP contribution in [0.5, 0.6) is 0 Å². The minimum atomic E-state index is -0.182. The zero-order valence-electron chi connectivity index (χ0n) is 10.6. The molecule has 0 fully saturated rings. The van der Waals surface area contributed by atoms with E-state index in [1.807, 2.05) is 0 Å². The Balaban J connectivity index is 2.08. The van der Waals surface area contributed by atoms with Crippen LogP contribution in [-0.2, 0) is 16.0 Å². The standard InChI is InChI=1S/C15H15NO2/c1-9-3-4-11-5-6-12(15(11)10(9)2)16-13(17)7-8-14(16)18/h3-4,7-8,12H,5-6H2,1-2H3/t12-/m0/s1. The third-order valence-electron chi connectivity index (χ3n) is 4.05. The van der Waals surface area contributed by atoms with Crippen LogP contribution >= 0.6 is 0 Å². The lowest BCUT2D eigenvalue weighted by molar-refractivity contribution is -0.139. The fourth-order valence-corrected chi connectivity index (χ4v) is 2.99. The Kier molecular flexibility index (Phi) is 2.37. The fourth-order valence-electron chi connectivity index (χ4n) is 2.99. The molecule has 0 radical (unpaired) electrons. The predicted octanol–water partition coefficient (Wildman–Crippen LogP) is 2.22. The molecule has 0 unspecified atom stereocenters. The second kappa shape index (κ2) is 3.80. The summed E-state index contributed by atoms with van der Waals surface area (Å²) in [5.74, 6) is -0.363. The maximum atomic E-state index is 11.8. The lowest BCUT2D eigenvalue weighted by Crippen LogP contribution is -2.33. The maximum absolute atomic E-state index is 11.8. The topological polar surface area (TPSA) is 37.4 Å². The first kappa shape index (κ1) is 11.2. The molecule has 1 heterocycles. The van der Waals surface area contributed by atoms with Gasteiger partial charge in [0.2, 0.25) is 0 Å². The molecule has 1 aliphatic heterocycles. The Bertz CT molecular complexity index is 568. The van der Waals surface area contributed by atoms with Crippen molar-refractivity contribution in [3.05, 3.63) is 46.5 Å². The van der Waals surface area contributed by atoms with Gasteiger partial charge in [-0.2, -0.15) is 0 Å². The van der Waals surface area contributed by atoms with E-state index in [1.54, 1.807) is 0 Å². The molecule has 3 rings (SSSR count). The van der Waals surface area contributed by atoms with Crippen molar-refractivity contribution in [2.45, 2.75) is 32.7 Å². The number of carbonyl (C=O) groups excluding carboxylic acids is 2. The van der Waals surface area contributed by atoms with Gasteiger partial charge < -0.3 is 0 Å². The molecule has 1 atom stereocenters. The average Bonchev–Trinajstić information content (AvgIpc) is 2.89. The molecule has 3 heteroatoms. The molecule has 2 aliphatic rings. The summed E-state index contributed by atoms with van der Waals surface area (Å²) in [6.45, 7) is 4.14. The van der Waals surface area contributed by atoms with Crippen LogP contribution in [0.2, 0.25) is 0 Å². The smallest absolute Gasteiger partial charge is 0.254 e. The third kappa shape index (κ3) is 1.43. The molecule has 18 heavy (non-hydrogen) atoms. The summed E-state index contributed by atoms with van der Waals surface area (Å²) in [6, 6.07) is 4.16. The van der Waals surface area contributed by atoms with Crippen molar-refractivity contribution in [3.63, 3.8) is 0 Å².